The van der Waals surface area contributed by atoms with E-state index in [1.54, 1.807) is 35.2 Å². The summed E-state index contributed by atoms with van der Waals surface area (Å²) in [5.74, 6) is 0.660. The third-order valence-electron chi connectivity index (χ3n) is 4.28. The Balaban J connectivity index is 1.57. The number of ether oxygens (including phenoxy) is 3. The molecular formula is C20H20N2O5S. The Morgan fingerprint density at radius 2 is 2.00 bits per heavy atom. The van der Waals surface area contributed by atoms with E-state index in [0.29, 0.717) is 48.2 Å². The van der Waals surface area contributed by atoms with E-state index < -0.39 is 0 Å². The Morgan fingerprint density at radius 3 is 2.71 bits per heavy atom. The maximum Gasteiger partial charge on any atom is 0.227 e. The first-order valence-electron chi connectivity index (χ1n) is 8.79. The molecular weight excluding hydrogens is 380 g/mol. The summed E-state index contributed by atoms with van der Waals surface area (Å²) in [7, 11) is 1.47. The standard InChI is InChI=1S/C20H20N2O5S/c1-25-18-10-14(12-21)2-4-17(18)27-13-16(23)19-5-3-15(28-19)11-20(24)22-6-8-26-9-7-22/h2-5,10H,6-9,11,13H2,1H3. The van der Waals surface area contributed by atoms with Crippen molar-refractivity contribution in [3.8, 4) is 17.6 Å². The fourth-order valence-corrected chi connectivity index (χ4v) is 3.69. The van der Waals surface area contributed by atoms with Crippen LogP contribution >= 0.6 is 11.3 Å². The third kappa shape index (κ3) is 4.88. The SMILES string of the molecule is COc1cc(C#N)ccc1OCC(=O)c1ccc(CC(=O)N2CCOCC2)s1. The lowest BCUT2D eigenvalue weighted by molar-refractivity contribution is -0.134. The molecule has 0 atom stereocenters. The average molecular weight is 400 g/mol. The molecule has 1 fully saturated rings. The number of carbonyl (C=O) groups is 2. The molecule has 2 heterocycles. The summed E-state index contributed by atoms with van der Waals surface area (Å²) < 4.78 is 16.0. The van der Waals surface area contributed by atoms with E-state index in [-0.39, 0.29) is 24.7 Å². The third-order valence-corrected chi connectivity index (χ3v) is 5.40. The number of amides is 1. The van der Waals surface area contributed by atoms with Gasteiger partial charge in [-0.25, -0.2) is 0 Å². The number of methoxy groups -OCH3 is 1. The Bertz CT molecular complexity index is 896. The molecule has 0 aliphatic carbocycles. The second-order valence-electron chi connectivity index (χ2n) is 6.13. The van der Waals surface area contributed by atoms with E-state index in [0.717, 1.165) is 4.88 Å². The Labute approximate surface area is 167 Å². The van der Waals surface area contributed by atoms with Crippen LogP contribution in [0.25, 0.3) is 0 Å². The monoisotopic (exact) mass is 400 g/mol. The molecule has 3 rings (SSSR count). The highest BCUT2D eigenvalue weighted by atomic mass is 32.1. The number of carbonyl (C=O) groups excluding carboxylic acids is 2. The zero-order valence-electron chi connectivity index (χ0n) is 15.5. The summed E-state index contributed by atoms with van der Waals surface area (Å²) in [6, 6.07) is 10.3. The lowest BCUT2D eigenvalue weighted by atomic mass is 10.2. The second-order valence-corrected chi connectivity index (χ2v) is 7.29. The molecule has 0 spiro atoms. The van der Waals surface area contributed by atoms with Crippen molar-refractivity contribution in [1.82, 2.24) is 4.90 Å². The van der Waals surface area contributed by atoms with Gasteiger partial charge in [-0.3, -0.25) is 9.59 Å². The fourth-order valence-electron chi connectivity index (χ4n) is 2.77. The van der Waals surface area contributed by atoms with Gasteiger partial charge in [0.15, 0.2) is 18.1 Å². The van der Waals surface area contributed by atoms with Crippen molar-refractivity contribution in [2.75, 3.05) is 40.0 Å². The number of Topliss-reactive ketones (excluding diaryl/α,β-unsaturated/α-hetero) is 1. The number of nitrogens with zero attached hydrogens (tertiary/aromatic N) is 2. The van der Waals surface area contributed by atoms with Crippen molar-refractivity contribution < 1.29 is 23.8 Å². The minimum Gasteiger partial charge on any atom is -0.493 e. The summed E-state index contributed by atoms with van der Waals surface area (Å²) in [6.45, 7) is 2.19. The molecule has 1 amide bonds. The average Bonchev–Trinajstić information content (AvgIpc) is 3.21. The highest BCUT2D eigenvalue weighted by molar-refractivity contribution is 7.14. The van der Waals surface area contributed by atoms with Crippen LogP contribution in [0.1, 0.15) is 20.1 Å². The van der Waals surface area contributed by atoms with Crippen molar-refractivity contribution in [2.45, 2.75) is 6.42 Å². The molecule has 1 aromatic heterocycles. The first-order chi connectivity index (χ1) is 13.6. The second kappa shape index (κ2) is 9.35. The number of rotatable bonds is 7. The van der Waals surface area contributed by atoms with Crippen LogP contribution in [0.5, 0.6) is 11.5 Å². The van der Waals surface area contributed by atoms with Gasteiger partial charge >= 0.3 is 0 Å². The molecule has 1 saturated heterocycles. The van der Waals surface area contributed by atoms with E-state index in [1.165, 1.54) is 18.4 Å². The maximum absolute atomic E-state index is 12.4. The van der Waals surface area contributed by atoms with Gasteiger partial charge in [-0.2, -0.15) is 5.26 Å². The van der Waals surface area contributed by atoms with E-state index >= 15 is 0 Å². The van der Waals surface area contributed by atoms with Gasteiger partial charge in [0.1, 0.15) is 0 Å². The summed E-state index contributed by atoms with van der Waals surface area (Å²) in [6.07, 6.45) is 0.280. The van der Waals surface area contributed by atoms with Crippen molar-refractivity contribution in [3.63, 3.8) is 0 Å². The quantitative estimate of drug-likeness (QED) is 0.663. The van der Waals surface area contributed by atoms with E-state index in [9.17, 15) is 9.59 Å². The Hall–Kier alpha value is -2.89. The van der Waals surface area contributed by atoms with E-state index in [1.807, 2.05) is 6.07 Å². The highest BCUT2D eigenvalue weighted by Crippen LogP contribution is 2.28. The van der Waals surface area contributed by atoms with Crippen molar-refractivity contribution in [1.29, 1.82) is 5.26 Å². The van der Waals surface area contributed by atoms with Crippen LogP contribution < -0.4 is 9.47 Å². The maximum atomic E-state index is 12.4. The highest BCUT2D eigenvalue weighted by Gasteiger charge is 2.19. The topological polar surface area (TPSA) is 88.9 Å². The number of ketones is 1. The summed E-state index contributed by atoms with van der Waals surface area (Å²) >= 11 is 1.30. The molecule has 1 aliphatic rings. The van der Waals surface area contributed by atoms with Crippen LogP contribution in [0.3, 0.4) is 0 Å². The first kappa shape index (κ1) is 19.9. The number of benzene rings is 1. The van der Waals surface area contributed by atoms with Gasteiger partial charge in [-0.15, -0.1) is 11.3 Å². The van der Waals surface area contributed by atoms with Crippen molar-refractivity contribution in [3.05, 3.63) is 45.6 Å². The van der Waals surface area contributed by atoms with Gasteiger partial charge in [-0.05, 0) is 24.3 Å². The van der Waals surface area contributed by atoms with Crippen LogP contribution in [0.15, 0.2) is 30.3 Å². The van der Waals surface area contributed by atoms with Crippen LogP contribution in [-0.2, 0) is 16.0 Å². The predicted octanol–water partition coefficient (Wildman–Crippen LogP) is 2.29. The van der Waals surface area contributed by atoms with Crippen LogP contribution in [-0.4, -0.2) is 56.6 Å². The number of hydrogen-bond acceptors (Lipinski definition) is 7. The van der Waals surface area contributed by atoms with Crippen molar-refractivity contribution in [2.24, 2.45) is 0 Å². The molecule has 2 aromatic rings. The predicted molar refractivity (Wildman–Crippen MR) is 103 cm³/mol. The molecule has 28 heavy (non-hydrogen) atoms. The summed E-state index contributed by atoms with van der Waals surface area (Å²) in [4.78, 5) is 27.9. The van der Waals surface area contributed by atoms with Gasteiger partial charge in [0.2, 0.25) is 11.7 Å². The molecule has 0 N–H and O–H groups in total. The van der Waals surface area contributed by atoms with Gasteiger partial charge in [0, 0.05) is 24.0 Å². The summed E-state index contributed by atoms with van der Waals surface area (Å²) in [5.41, 5.74) is 0.448. The molecule has 0 bridgehead atoms. The Kier molecular flexibility index (Phi) is 6.63. The molecule has 1 aliphatic heterocycles. The molecule has 0 unspecified atom stereocenters. The summed E-state index contributed by atoms with van der Waals surface area (Å²) in [5, 5.41) is 8.93. The van der Waals surface area contributed by atoms with E-state index in [2.05, 4.69) is 0 Å². The van der Waals surface area contributed by atoms with Crippen molar-refractivity contribution >= 4 is 23.0 Å². The van der Waals surface area contributed by atoms with Gasteiger partial charge in [0.25, 0.3) is 0 Å². The smallest absolute Gasteiger partial charge is 0.227 e. The van der Waals surface area contributed by atoms with Gasteiger partial charge in [0.05, 0.1) is 43.3 Å². The fraction of sp³-hybridized carbons (Fsp3) is 0.350. The zero-order valence-corrected chi connectivity index (χ0v) is 16.3. The zero-order chi connectivity index (χ0) is 19.9. The molecule has 8 heteroatoms. The number of hydrogen-bond donors (Lipinski definition) is 0. The lowest BCUT2D eigenvalue weighted by Crippen LogP contribution is -2.41. The number of thiophene rings is 1. The molecule has 0 saturated carbocycles. The van der Waals surface area contributed by atoms with Crippen LogP contribution in [0, 0.1) is 11.3 Å². The van der Waals surface area contributed by atoms with Gasteiger partial charge < -0.3 is 19.1 Å². The van der Waals surface area contributed by atoms with Crippen LogP contribution in [0.2, 0.25) is 0 Å². The number of nitriles is 1. The van der Waals surface area contributed by atoms with Crippen LogP contribution in [0.4, 0.5) is 0 Å². The van der Waals surface area contributed by atoms with Gasteiger partial charge in [-0.1, -0.05) is 0 Å². The van der Waals surface area contributed by atoms with E-state index in [4.69, 9.17) is 19.5 Å². The number of morpholine rings is 1. The molecule has 1 aromatic carbocycles. The lowest BCUT2D eigenvalue weighted by Gasteiger charge is -2.26. The minimum atomic E-state index is -0.179. The normalized spacial score (nSPS) is 13.6. The molecule has 7 nitrogen and oxygen atoms in total. The minimum absolute atomic E-state index is 0.0442. The molecule has 0 radical (unpaired) electrons. The molecule has 146 valence electrons. The first-order valence-corrected chi connectivity index (χ1v) is 9.60. The Morgan fingerprint density at radius 1 is 1.21 bits per heavy atom. The largest absolute Gasteiger partial charge is 0.493 e.